The molecule has 2 heterocycles. The van der Waals surface area contributed by atoms with Gasteiger partial charge in [-0.15, -0.1) is 0 Å². The van der Waals surface area contributed by atoms with Gasteiger partial charge in [0.1, 0.15) is 5.69 Å². The van der Waals surface area contributed by atoms with Gasteiger partial charge in [0.05, 0.1) is 23.2 Å². The van der Waals surface area contributed by atoms with Gasteiger partial charge in [-0.3, -0.25) is 9.69 Å². The highest BCUT2D eigenvalue weighted by Crippen LogP contribution is 2.13. The van der Waals surface area contributed by atoms with E-state index in [4.69, 9.17) is 0 Å². The number of β-amino-alcohol motifs (C(OH)–C–C–N with tert-alkyl or cyclic N) is 2. The quantitative estimate of drug-likeness (QED) is 0.675. The summed E-state index contributed by atoms with van der Waals surface area (Å²) in [5.74, 6) is 0. The minimum atomic E-state index is -0.750. The van der Waals surface area contributed by atoms with Gasteiger partial charge in [0.2, 0.25) is 0 Å². The summed E-state index contributed by atoms with van der Waals surface area (Å²) in [5, 5.41) is 19.0. The maximum Gasteiger partial charge on any atom is 0.271 e. The summed E-state index contributed by atoms with van der Waals surface area (Å²) in [4.78, 5) is 20.9. The van der Waals surface area contributed by atoms with Crippen LogP contribution in [0.2, 0.25) is 0 Å². The van der Waals surface area contributed by atoms with Crippen molar-refractivity contribution < 1.29 is 10.2 Å². The maximum atomic E-state index is 11.9. The zero-order valence-electron chi connectivity index (χ0n) is 10.3. The number of aromatic amines is 1. The molecule has 1 aliphatic heterocycles. The predicted octanol–water partition coefficient (Wildman–Crippen LogP) is -0.540. The third-order valence-corrected chi connectivity index (χ3v) is 3.38. The lowest BCUT2D eigenvalue weighted by molar-refractivity contribution is 0.0572. The first-order valence-electron chi connectivity index (χ1n) is 6.20. The molecule has 1 aliphatic rings. The summed E-state index contributed by atoms with van der Waals surface area (Å²) in [7, 11) is 0. The first-order valence-corrected chi connectivity index (χ1v) is 6.20. The van der Waals surface area contributed by atoms with Gasteiger partial charge in [-0.1, -0.05) is 12.1 Å². The highest BCUT2D eigenvalue weighted by molar-refractivity contribution is 5.73. The fourth-order valence-electron chi connectivity index (χ4n) is 2.36. The van der Waals surface area contributed by atoms with E-state index in [1.165, 1.54) is 0 Å². The molecule has 3 rings (SSSR count). The lowest BCUT2D eigenvalue weighted by Gasteiger charge is -2.13. The van der Waals surface area contributed by atoms with E-state index in [9.17, 15) is 15.0 Å². The number of hydrogen-bond donors (Lipinski definition) is 3. The summed E-state index contributed by atoms with van der Waals surface area (Å²) in [6.07, 6.45) is -1.50. The smallest absolute Gasteiger partial charge is 0.271 e. The molecule has 2 aromatic rings. The summed E-state index contributed by atoms with van der Waals surface area (Å²) in [6.45, 7) is 1.04. The number of hydrogen-bond acceptors (Lipinski definition) is 5. The molecule has 6 heteroatoms. The number of aliphatic hydroxyl groups is 2. The summed E-state index contributed by atoms with van der Waals surface area (Å²) < 4.78 is 0. The van der Waals surface area contributed by atoms with Crippen LogP contribution >= 0.6 is 0 Å². The Balaban J connectivity index is 1.89. The second kappa shape index (κ2) is 4.73. The van der Waals surface area contributed by atoms with E-state index in [0.29, 0.717) is 30.8 Å². The van der Waals surface area contributed by atoms with Gasteiger partial charge < -0.3 is 15.2 Å². The zero-order chi connectivity index (χ0) is 13.4. The van der Waals surface area contributed by atoms with Crippen LogP contribution in [0.5, 0.6) is 0 Å². The first-order chi connectivity index (χ1) is 9.13. The van der Waals surface area contributed by atoms with Crippen LogP contribution in [0.25, 0.3) is 11.0 Å². The Morgan fingerprint density at radius 1 is 1.26 bits per heavy atom. The van der Waals surface area contributed by atoms with Crippen LogP contribution in [0.4, 0.5) is 0 Å². The first kappa shape index (κ1) is 12.3. The molecule has 3 N–H and O–H groups in total. The molecule has 2 unspecified atom stereocenters. The van der Waals surface area contributed by atoms with Crippen molar-refractivity contribution in [2.75, 3.05) is 13.1 Å². The molecule has 0 spiro atoms. The zero-order valence-corrected chi connectivity index (χ0v) is 10.3. The van der Waals surface area contributed by atoms with Crippen LogP contribution in [0.3, 0.4) is 0 Å². The van der Waals surface area contributed by atoms with Gasteiger partial charge in [0, 0.05) is 19.6 Å². The van der Waals surface area contributed by atoms with Crippen molar-refractivity contribution in [3.8, 4) is 0 Å². The topological polar surface area (TPSA) is 89.5 Å². The molecule has 1 fully saturated rings. The van der Waals surface area contributed by atoms with E-state index < -0.39 is 12.2 Å². The van der Waals surface area contributed by atoms with Crippen molar-refractivity contribution in [1.29, 1.82) is 0 Å². The highest BCUT2D eigenvalue weighted by Gasteiger charge is 2.30. The minimum absolute atomic E-state index is 0.227. The number of likely N-dealkylation sites (tertiary alicyclic amines) is 1. The second-order valence-corrected chi connectivity index (χ2v) is 4.86. The van der Waals surface area contributed by atoms with Crippen LogP contribution in [-0.2, 0) is 6.54 Å². The monoisotopic (exact) mass is 261 g/mol. The second-order valence-electron chi connectivity index (χ2n) is 4.86. The van der Waals surface area contributed by atoms with Crippen molar-refractivity contribution in [3.63, 3.8) is 0 Å². The number of nitrogens with zero attached hydrogens (tertiary/aromatic N) is 2. The Kier molecular flexibility index (Phi) is 3.06. The van der Waals surface area contributed by atoms with Gasteiger partial charge >= 0.3 is 0 Å². The van der Waals surface area contributed by atoms with E-state index in [2.05, 4.69) is 9.97 Å². The van der Waals surface area contributed by atoms with Crippen LogP contribution in [-0.4, -0.2) is 50.4 Å². The van der Waals surface area contributed by atoms with Crippen LogP contribution in [0.1, 0.15) is 5.69 Å². The number of aliphatic hydroxyl groups excluding tert-OH is 2. The largest absolute Gasteiger partial charge is 0.389 e. The van der Waals surface area contributed by atoms with Crippen molar-refractivity contribution in [1.82, 2.24) is 14.9 Å². The molecule has 0 bridgehead atoms. The molecule has 0 saturated carbocycles. The van der Waals surface area contributed by atoms with Crippen molar-refractivity contribution in [3.05, 3.63) is 40.3 Å². The van der Waals surface area contributed by atoms with Crippen LogP contribution in [0, 0.1) is 0 Å². The summed E-state index contributed by atoms with van der Waals surface area (Å²) in [5.41, 5.74) is 1.62. The number of fused-ring (bicyclic) bond motifs is 1. The normalized spacial score (nSPS) is 24.1. The molecule has 19 heavy (non-hydrogen) atoms. The molecule has 1 aromatic carbocycles. The van der Waals surface area contributed by atoms with Crippen LogP contribution in [0.15, 0.2) is 29.1 Å². The number of rotatable bonds is 2. The Hall–Kier alpha value is -1.76. The number of para-hydroxylation sites is 2. The Labute approximate surface area is 109 Å². The third-order valence-electron chi connectivity index (χ3n) is 3.38. The SMILES string of the molecule is O=c1[nH]c2ccccc2nc1CN1CC(O)C(O)C1. The fourth-order valence-corrected chi connectivity index (χ4v) is 2.36. The third kappa shape index (κ3) is 2.37. The molecule has 0 radical (unpaired) electrons. The van der Waals surface area contributed by atoms with E-state index >= 15 is 0 Å². The number of H-pyrrole nitrogens is 1. The summed E-state index contributed by atoms with van der Waals surface area (Å²) >= 11 is 0. The van der Waals surface area contributed by atoms with Crippen LogP contribution < -0.4 is 5.56 Å². The molecular formula is C13H15N3O3. The lowest BCUT2D eigenvalue weighted by Crippen LogP contribution is -2.27. The maximum absolute atomic E-state index is 11.9. The van der Waals surface area contributed by atoms with Crippen molar-refractivity contribution in [2.24, 2.45) is 0 Å². The number of nitrogens with one attached hydrogen (secondary N) is 1. The molecule has 6 nitrogen and oxygen atoms in total. The van der Waals surface area contributed by atoms with E-state index in [1.54, 1.807) is 6.07 Å². The number of aromatic nitrogens is 2. The Morgan fingerprint density at radius 2 is 1.95 bits per heavy atom. The number of benzene rings is 1. The molecule has 100 valence electrons. The van der Waals surface area contributed by atoms with Crippen molar-refractivity contribution >= 4 is 11.0 Å². The van der Waals surface area contributed by atoms with Gasteiger partial charge in [-0.25, -0.2) is 4.98 Å². The van der Waals surface area contributed by atoms with E-state index in [1.807, 2.05) is 23.1 Å². The predicted molar refractivity (Wildman–Crippen MR) is 69.7 cm³/mol. The standard InChI is InChI=1S/C13H15N3O3/c17-11-6-16(7-12(11)18)5-10-13(19)15-9-4-2-1-3-8(9)14-10/h1-4,11-12,17-18H,5-7H2,(H,15,19). The van der Waals surface area contributed by atoms with E-state index in [-0.39, 0.29) is 5.56 Å². The average molecular weight is 261 g/mol. The molecule has 1 aromatic heterocycles. The minimum Gasteiger partial charge on any atom is -0.389 e. The molecule has 1 saturated heterocycles. The molecular weight excluding hydrogens is 246 g/mol. The van der Waals surface area contributed by atoms with Gasteiger partial charge in [0.25, 0.3) is 5.56 Å². The lowest BCUT2D eigenvalue weighted by atomic mass is 10.3. The summed E-state index contributed by atoms with van der Waals surface area (Å²) in [6, 6.07) is 7.34. The van der Waals surface area contributed by atoms with Gasteiger partial charge in [0.15, 0.2) is 0 Å². The fraction of sp³-hybridized carbons (Fsp3) is 0.385. The van der Waals surface area contributed by atoms with E-state index in [0.717, 1.165) is 5.52 Å². The Morgan fingerprint density at radius 3 is 2.68 bits per heavy atom. The van der Waals surface area contributed by atoms with Gasteiger partial charge in [-0.2, -0.15) is 0 Å². The highest BCUT2D eigenvalue weighted by atomic mass is 16.3. The molecule has 2 atom stereocenters. The average Bonchev–Trinajstić information content (AvgIpc) is 2.69. The Bertz CT molecular complexity index is 645. The van der Waals surface area contributed by atoms with Gasteiger partial charge in [-0.05, 0) is 12.1 Å². The molecule has 0 aliphatic carbocycles. The van der Waals surface area contributed by atoms with Crippen molar-refractivity contribution in [2.45, 2.75) is 18.8 Å². The molecule has 0 amide bonds.